The molecule has 0 spiro atoms. The van der Waals surface area contributed by atoms with Crippen LogP contribution in [0.3, 0.4) is 0 Å². The summed E-state index contributed by atoms with van der Waals surface area (Å²) in [6.45, 7) is 1.80. The second kappa shape index (κ2) is 9.66. The Labute approximate surface area is 203 Å². The third-order valence-corrected chi connectivity index (χ3v) is 6.33. The van der Waals surface area contributed by atoms with E-state index in [0.717, 1.165) is 11.0 Å². The molecule has 0 amide bonds. The second-order valence-corrected chi connectivity index (χ2v) is 8.76. The molecule has 0 radical (unpaired) electrons. The number of nitro benzene ring substituents is 1. The van der Waals surface area contributed by atoms with Gasteiger partial charge in [0.2, 0.25) is 5.88 Å². The molecule has 166 valence electrons. The number of aryl methyl sites for hydroxylation is 1. The first-order chi connectivity index (χ1) is 15.8. The van der Waals surface area contributed by atoms with E-state index in [4.69, 9.17) is 27.9 Å². The van der Waals surface area contributed by atoms with Crippen LogP contribution in [0.5, 0.6) is 5.88 Å². The standard InChI is InChI=1S/C23H15Cl2N3O4S/c1-14-21(33-18-10-7-15(24)8-11-18)22(27(26-14)16-5-3-2-4-6-16)32-23(29)19-13-17(28(30)31)9-12-20(19)25/h2-13H,1H3. The molecule has 0 bridgehead atoms. The van der Waals surface area contributed by atoms with E-state index in [0.29, 0.717) is 21.3 Å². The van der Waals surface area contributed by atoms with Crippen molar-refractivity contribution in [1.29, 1.82) is 0 Å². The maximum absolute atomic E-state index is 13.1. The molecule has 0 saturated heterocycles. The summed E-state index contributed by atoms with van der Waals surface area (Å²) in [7, 11) is 0. The number of nitrogens with zero attached hydrogens (tertiary/aromatic N) is 3. The van der Waals surface area contributed by atoms with Crippen molar-refractivity contribution in [1.82, 2.24) is 9.78 Å². The van der Waals surface area contributed by atoms with Crippen molar-refractivity contribution < 1.29 is 14.5 Å². The van der Waals surface area contributed by atoms with Crippen molar-refractivity contribution in [3.63, 3.8) is 0 Å². The molecule has 1 heterocycles. The zero-order valence-corrected chi connectivity index (χ0v) is 19.4. The van der Waals surface area contributed by atoms with E-state index < -0.39 is 10.9 Å². The van der Waals surface area contributed by atoms with Gasteiger partial charge in [-0.15, -0.1) is 0 Å². The Balaban J connectivity index is 1.78. The number of carbonyl (C=O) groups excluding carboxylic acids is 1. The molecule has 0 saturated carbocycles. The van der Waals surface area contributed by atoms with Gasteiger partial charge in [-0.3, -0.25) is 10.1 Å². The van der Waals surface area contributed by atoms with Crippen LogP contribution in [0.4, 0.5) is 5.69 Å². The highest BCUT2D eigenvalue weighted by atomic mass is 35.5. The number of nitro groups is 1. The van der Waals surface area contributed by atoms with Crippen LogP contribution < -0.4 is 4.74 Å². The van der Waals surface area contributed by atoms with E-state index >= 15 is 0 Å². The summed E-state index contributed by atoms with van der Waals surface area (Å²) in [5.41, 5.74) is 0.921. The number of hydrogen-bond acceptors (Lipinski definition) is 6. The van der Waals surface area contributed by atoms with Gasteiger partial charge in [-0.05, 0) is 49.4 Å². The molecule has 0 N–H and O–H groups in total. The molecule has 1 aromatic heterocycles. The molecule has 0 unspecified atom stereocenters. The quantitative estimate of drug-likeness (QED) is 0.165. The first-order valence-corrected chi connectivity index (χ1v) is 11.2. The fourth-order valence-electron chi connectivity index (χ4n) is 2.99. The number of halogens is 2. The topological polar surface area (TPSA) is 87.3 Å². The normalized spacial score (nSPS) is 10.8. The Morgan fingerprint density at radius 3 is 2.42 bits per heavy atom. The van der Waals surface area contributed by atoms with Crippen LogP contribution >= 0.6 is 35.0 Å². The maximum Gasteiger partial charge on any atom is 0.346 e. The fraction of sp³-hybridized carbons (Fsp3) is 0.0435. The lowest BCUT2D eigenvalue weighted by Crippen LogP contribution is -2.13. The van der Waals surface area contributed by atoms with Gasteiger partial charge < -0.3 is 4.74 Å². The average Bonchev–Trinajstić information content (AvgIpc) is 3.11. The summed E-state index contributed by atoms with van der Waals surface area (Å²) in [5.74, 6) is -0.662. The molecule has 0 aliphatic rings. The van der Waals surface area contributed by atoms with Crippen LogP contribution in [-0.4, -0.2) is 20.7 Å². The number of esters is 1. The molecule has 10 heteroatoms. The SMILES string of the molecule is Cc1nn(-c2ccccc2)c(OC(=O)c2cc([N+](=O)[O-])ccc2Cl)c1Sc1ccc(Cl)cc1. The monoisotopic (exact) mass is 499 g/mol. The molecule has 7 nitrogen and oxygen atoms in total. The van der Waals surface area contributed by atoms with Crippen molar-refractivity contribution in [3.8, 4) is 11.6 Å². The van der Waals surface area contributed by atoms with Crippen molar-refractivity contribution >= 4 is 46.6 Å². The number of para-hydroxylation sites is 1. The van der Waals surface area contributed by atoms with Gasteiger partial charge in [-0.25, -0.2) is 4.79 Å². The Morgan fingerprint density at radius 1 is 1.06 bits per heavy atom. The van der Waals surface area contributed by atoms with Crippen molar-refractivity contribution in [2.75, 3.05) is 0 Å². The van der Waals surface area contributed by atoms with E-state index in [1.807, 2.05) is 42.5 Å². The number of non-ortho nitro benzene ring substituents is 1. The second-order valence-electron chi connectivity index (χ2n) is 6.83. The molecule has 0 fully saturated rings. The zero-order valence-electron chi connectivity index (χ0n) is 17.1. The number of aromatic nitrogens is 2. The van der Waals surface area contributed by atoms with E-state index in [-0.39, 0.29) is 22.2 Å². The Bertz CT molecular complexity index is 1340. The summed E-state index contributed by atoms with van der Waals surface area (Å²) in [6, 6.07) is 20.0. The van der Waals surface area contributed by atoms with Gasteiger partial charge in [0.25, 0.3) is 5.69 Å². The Hall–Kier alpha value is -3.33. The van der Waals surface area contributed by atoms with Gasteiger partial charge in [0.15, 0.2) is 0 Å². The summed E-state index contributed by atoms with van der Waals surface area (Å²) < 4.78 is 7.27. The maximum atomic E-state index is 13.1. The number of hydrogen-bond donors (Lipinski definition) is 0. The van der Waals surface area contributed by atoms with Crippen molar-refractivity contribution in [2.45, 2.75) is 16.7 Å². The predicted molar refractivity (Wildman–Crippen MR) is 127 cm³/mol. The minimum atomic E-state index is -0.835. The Morgan fingerprint density at radius 2 is 1.76 bits per heavy atom. The lowest BCUT2D eigenvalue weighted by molar-refractivity contribution is -0.384. The summed E-state index contributed by atoms with van der Waals surface area (Å²) in [4.78, 5) is 25.1. The minimum Gasteiger partial charge on any atom is -0.402 e. The molecule has 0 aliphatic carbocycles. The summed E-state index contributed by atoms with van der Waals surface area (Å²) in [5, 5.41) is 16.4. The van der Waals surface area contributed by atoms with E-state index in [9.17, 15) is 14.9 Å². The van der Waals surface area contributed by atoms with Gasteiger partial charge in [-0.1, -0.05) is 53.2 Å². The molecule has 0 atom stereocenters. The number of rotatable bonds is 6. The number of ether oxygens (including phenoxy) is 1. The van der Waals surface area contributed by atoms with Crippen LogP contribution in [0.2, 0.25) is 10.0 Å². The number of benzene rings is 3. The highest BCUT2D eigenvalue weighted by molar-refractivity contribution is 7.99. The van der Waals surface area contributed by atoms with Gasteiger partial charge in [0.1, 0.15) is 0 Å². The van der Waals surface area contributed by atoms with Crippen molar-refractivity contribution in [2.24, 2.45) is 0 Å². The fourth-order valence-corrected chi connectivity index (χ4v) is 4.22. The minimum absolute atomic E-state index is 0.0417. The van der Waals surface area contributed by atoms with Gasteiger partial charge >= 0.3 is 5.97 Å². The molecule has 33 heavy (non-hydrogen) atoms. The highest BCUT2D eigenvalue weighted by Gasteiger charge is 2.25. The van der Waals surface area contributed by atoms with Crippen molar-refractivity contribution in [3.05, 3.63) is 104 Å². The third kappa shape index (κ3) is 5.03. The lowest BCUT2D eigenvalue weighted by atomic mass is 10.2. The average molecular weight is 500 g/mol. The first kappa shape index (κ1) is 22.8. The first-order valence-electron chi connectivity index (χ1n) is 9.58. The summed E-state index contributed by atoms with van der Waals surface area (Å²) >= 11 is 13.5. The van der Waals surface area contributed by atoms with Gasteiger partial charge in [0, 0.05) is 22.1 Å². The van der Waals surface area contributed by atoms with E-state index in [2.05, 4.69) is 5.10 Å². The lowest BCUT2D eigenvalue weighted by Gasteiger charge is -2.11. The van der Waals surface area contributed by atoms with Gasteiger partial charge in [0.05, 0.1) is 31.8 Å². The highest BCUT2D eigenvalue weighted by Crippen LogP contribution is 2.40. The van der Waals surface area contributed by atoms with Crippen LogP contribution in [0.1, 0.15) is 16.1 Å². The Kier molecular flexibility index (Phi) is 6.69. The van der Waals surface area contributed by atoms with Crippen LogP contribution in [0.25, 0.3) is 5.69 Å². The molecule has 4 aromatic rings. The van der Waals surface area contributed by atoms with Crippen LogP contribution in [0.15, 0.2) is 82.6 Å². The molecule has 3 aromatic carbocycles. The van der Waals surface area contributed by atoms with Crippen LogP contribution in [0, 0.1) is 17.0 Å². The van der Waals surface area contributed by atoms with E-state index in [1.54, 1.807) is 19.1 Å². The zero-order chi connectivity index (χ0) is 23.5. The molecule has 4 rings (SSSR count). The predicted octanol–water partition coefficient (Wildman–Crippen LogP) is 6.77. The van der Waals surface area contributed by atoms with Gasteiger partial charge in [-0.2, -0.15) is 9.78 Å². The third-order valence-electron chi connectivity index (χ3n) is 4.57. The summed E-state index contributed by atoms with van der Waals surface area (Å²) in [6.07, 6.45) is 0. The van der Waals surface area contributed by atoms with Crippen LogP contribution in [-0.2, 0) is 0 Å². The van der Waals surface area contributed by atoms with E-state index in [1.165, 1.54) is 28.6 Å². The molecular formula is C23H15Cl2N3O4S. The smallest absolute Gasteiger partial charge is 0.346 e. The largest absolute Gasteiger partial charge is 0.402 e. The number of carbonyl (C=O) groups is 1. The molecular weight excluding hydrogens is 485 g/mol. The molecule has 0 aliphatic heterocycles.